The summed E-state index contributed by atoms with van der Waals surface area (Å²) in [7, 11) is 1.61. The normalized spacial score (nSPS) is 11.7. The van der Waals surface area contributed by atoms with Crippen molar-refractivity contribution in [2.75, 3.05) is 7.11 Å². The first-order valence-electron chi connectivity index (χ1n) is 4.96. The Balaban J connectivity index is 3.44. The van der Waals surface area contributed by atoms with Gasteiger partial charge in [0.2, 0.25) is 0 Å². The summed E-state index contributed by atoms with van der Waals surface area (Å²) in [6.45, 7) is 5.30. The molecule has 0 aliphatic rings. The number of aryl methyl sites for hydroxylation is 2. The Labute approximate surface area is 95.6 Å². The minimum absolute atomic E-state index is 0.0372. The molecule has 1 aromatic carbocycles. The maximum Gasteiger partial charge on any atom is 0.122 e. The molecule has 0 bridgehead atoms. The number of ether oxygens (including phenoxy) is 1. The largest absolute Gasteiger partial charge is 0.511 e. The molecule has 0 radical (unpaired) electrons. The number of aliphatic hydroxyl groups excluding tert-OH is 1. The highest BCUT2D eigenvalue weighted by Crippen LogP contribution is 2.27. The van der Waals surface area contributed by atoms with Gasteiger partial charge < -0.3 is 9.84 Å². The Morgan fingerprint density at radius 2 is 1.94 bits per heavy atom. The molecule has 0 spiro atoms. The van der Waals surface area contributed by atoms with Gasteiger partial charge >= 0.3 is 0 Å². The second-order valence-corrected chi connectivity index (χ2v) is 3.71. The van der Waals surface area contributed by atoms with Crippen LogP contribution in [-0.4, -0.2) is 12.2 Å². The molecule has 0 saturated heterocycles. The number of benzene rings is 1. The molecule has 84 valence electrons. The molecule has 0 amide bonds. The van der Waals surface area contributed by atoms with Gasteiger partial charge in [0.25, 0.3) is 0 Å². The van der Waals surface area contributed by atoms with Gasteiger partial charge in [0.05, 0.1) is 12.7 Å². The summed E-state index contributed by atoms with van der Waals surface area (Å²) in [5, 5.41) is 18.4. The first kappa shape index (κ1) is 12.1. The van der Waals surface area contributed by atoms with E-state index >= 15 is 0 Å². The first-order chi connectivity index (χ1) is 7.51. The lowest BCUT2D eigenvalue weighted by atomic mass is 9.98. The number of aliphatic hydroxyl groups is 1. The monoisotopic (exact) mass is 217 g/mol. The summed E-state index contributed by atoms with van der Waals surface area (Å²) in [5.74, 6) is 0.823. The maximum atomic E-state index is 9.43. The van der Waals surface area contributed by atoms with E-state index in [9.17, 15) is 5.11 Å². The summed E-state index contributed by atoms with van der Waals surface area (Å²) in [4.78, 5) is 0. The second kappa shape index (κ2) is 4.71. The van der Waals surface area contributed by atoms with Crippen molar-refractivity contribution >= 4 is 5.57 Å². The van der Waals surface area contributed by atoms with Crippen LogP contribution < -0.4 is 4.74 Å². The molecule has 0 atom stereocenters. The van der Waals surface area contributed by atoms with Crippen molar-refractivity contribution < 1.29 is 9.84 Å². The van der Waals surface area contributed by atoms with Crippen LogP contribution in [0.25, 0.3) is 5.57 Å². The molecule has 1 N–H and O–H groups in total. The van der Waals surface area contributed by atoms with E-state index < -0.39 is 0 Å². The molecule has 0 aromatic heterocycles. The highest BCUT2D eigenvalue weighted by Gasteiger charge is 2.11. The quantitative estimate of drug-likeness (QED) is 0.611. The molecule has 0 heterocycles. The lowest BCUT2D eigenvalue weighted by molar-refractivity contribution is 0.411. The Morgan fingerprint density at radius 1 is 1.31 bits per heavy atom. The maximum absolute atomic E-state index is 9.43. The molecule has 1 aromatic rings. The van der Waals surface area contributed by atoms with Gasteiger partial charge in [-0.15, -0.1) is 0 Å². The van der Waals surface area contributed by atoms with Crippen LogP contribution in [0, 0.1) is 25.2 Å². The third kappa shape index (κ3) is 2.17. The lowest BCUT2D eigenvalue weighted by Gasteiger charge is -2.10. The van der Waals surface area contributed by atoms with Crippen molar-refractivity contribution in [3.05, 3.63) is 34.6 Å². The molecule has 16 heavy (non-hydrogen) atoms. The van der Waals surface area contributed by atoms with Crippen molar-refractivity contribution in [3.8, 4) is 11.8 Å². The predicted octanol–water partition coefficient (Wildman–Crippen LogP) is 3.12. The Kier molecular flexibility index (Phi) is 3.57. The number of methoxy groups -OCH3 is 1. The summed E-state index contributed by atoms with van der Waals surface area (Å²) < 4.78 is 5.19. The van der Waals surface area contributed by atoms with Crippen LogP contribution in [0.15, 0.2) is 17.9 Å². The number of allylic oxidation sites excluding steroid dienone is 2. The van der Waals surface area contributed by atoms with Gasteiger partial charge in [-0.1, -0.05) is 0 Å². The van der Waals surface area contributed by atoms with Gasteiger partial charge in [-0.05, 0) is 49.6 Å². The fraction of sp³-hybridized carbons (Fsp3) is 0.308. The van der Waals surface area contributed by atoms with E-state index in [1.54, 1.807) is 7.11 Å². The van der Waals surface area contributed by atoms with E-state index in [1.807, 2.05) is 32.0 Å². The number of nitrogens with zero attached hydrogens (tertiary/aromatic N) is 1. The fourth-order valence-electron chi connectivity index (χ4n) is 1.61. The lowest BCUT2D eigenvalue weighted by Crippen LogP contribution is -1.95. The number of hydrogen-bond donors (Lipinski definition) is 1. The van der Waals surface area contributed by atoms with E-state index in [2.05, 4.69) is 0 Å². The van der Waals surface area contributed by atoms with Crippen LogP contribution in [0.2, 0.25) is 0 Å². The SMILES string of the molecule is COc1cc(C)c(/C(C#N)=C(\C)O)cc1C. The highest BCUT2D eigenvalue weighted by atomic mass is 16.5. The summed E-state index contributed by atoms with van der Waals surface area (Å²) in [5.41, 5.74) is 2.91. The van der Waals surface area contributed by atoms with E-state index in [1.165, 1.54) is 6.92 Å². The van der Waals surface area contributed by atoms with Crippen LogP contribution in [0.3, 0.4) is 0 Å². The van der Waals surface area contributed by atoms with Gasteiger partial charge in [-0.3, -0.25) is 0 Å². The topological polar surface area (TPSA) is 53.2 Å². The van der Waals surface area contributed by atoms with Gasteiger partial charge in [-0.2, -0.15) is 5.26 Å². The van der Waals surface area contributed by atoms with Crippen molar-refractivity contribution in [3.63, 3.8) is 0 Å². The first-order valence-corrected chi connectivity index (χ1v) is 4.96. The van der Waals surface area contributed by atoms with E-state index in [-0.39, 0.29) is 5.76 Å². The van der Waals surface area contributed by atoms with Gasteiger partial charge in [0, 0.05) is 0 Å². The molecular formula is C13H15NO2. The minimum atomic E-state index is 0.0372. The summed E-state index contributed by atoms with van der Waals surface area (Å²) in [6.07, 6.45) is 0. The molecule has 0 saturated carbocycles. The molecule has 0 aliphatic carbocycles. The zero-order chi connectivity index (χ0) is 12.3. The fourth-order valence-corrected chi connectivity index (χ4v) is 1.61. The van der Waals surface area contributed by atoms with Crippen molar-refractivity contribution in [2.24, 2.45) is 0 Å². The molecule has 0 aliphatic heterocycles. The van der Waals surface area contributed by atoms with E-state index in [4.69, 9.17) is 10.00 Å². The predicted molar refractivity (Wildman–Crippen MR) is 63.3 cm³/mol. The van der Waals surface area contributed by atoms with Crippen molar-refractivity contribution in [2.45, 2.75) is 20.8 Å². The van der Waals surface area contributed by atoms with Crippen molar-refractivity contribution in [1.82, 2.24) is 0 Å². The third-order valence-electron chi connectivity index (χ3n) is 2.48. The Hall–Kier alpha value is -1.95. The third-order valence-corrected chi connectivity index (χ3v) is 2.48. The van der Waals surface area contributed by atoms with Crippen LogP contribution >= 0.6 is 0 Å². The molecule has 3 nitrogen and oxygen atoms in total. The summed E-state index contributed by atoms with van der Waals surface area (Å²) in [6, 6.07) is 5.73. The van der Waals surface area contributed by atoms with Crippen molar-refractivity contribution in [1.29, 1.82) is 5.26 Å². The number of rotatable bonds is 2. The smallest absolute Gasteiger partial charge is 0.122 e. The highest BCUT2D eigenvalue weighted by molar-refractivity contribution is 5.80. The van der Waals surface area contributed by atoms with Gasteiger partial charge in [0.1, 0.15) is 17.6 Å². The molecule has 1 rings (SSSR count). The Morgan fingerprint density at radius 3 is 2.38 bits per heavy atom. The van der Waals surface area contributed by atoms with E-state index in [0.717, 1.165) is 22.4 Å². The molecular weight excluding hydrogens is 202 g/mol. The van der Waals surface area contributed by atoms with Gasteiger partial charge in [-0.25, -0.2) is 0 Å². The standard InChI is InChI=1S/C13H15NO2/c1-8-6-13(16-4)9(2)5-11(8)12(7-14)10(3)15/h5-6,15H,1-4H3/b12-10+. The molecule has 0 fully saturated rings. The average Bonchev–Trinajstić information content (AvgIpc) is 2.23. The summed E-state index contributed by atoms with van der Waals surface area (Å²) >= 11 is 0. The zero-order valence-corrected chi connectivity index (χ0v) is 9.96. The van der Waals surface area contributed by atoms with Crippen LogP contribution in [0.5, 0.6) is 5.75 Å². The van der Waals surface area contributed by atoms with Crippen LogP contribution in [-0.2, 0) is 0 Å². The van der Waals surface area contributed by atoms with Crippen LogP contribution in [0.1, 0.15) is 23.6 Å². The zero-order valence-electron chi connectivity index (χ0n) is 9.96. The minimum Gasteiger partial charge on any atom is -0.511 e. The Bertz CT molecular complexity index is 477. The molecule has 3 heteroatoms. The van der Waals surface area contributed by atoms with E-state index in [0.29, 0.717) is 5.57 Å². The number of nitriles is 1. The number of hydrogen-bond acceptors (Lipinski definition) is 3. The second-order valence-electron chi connectivity index (χ2n) is 3.71. The van der Waals surface area contributed by atoms with Gasteiger partial charge in [0.15, 0.2) is 0 Å². The molecule has 0 unspecified atom stereocenters. The van der Waals surface area contributed by atoms with Crippen LogP contribution in [0.4, 0.5) is 0 Å². The average molecular weight is 217 g/mol.